The van der Waals surface area contributed by atoms with Gasteiger partial charge in [0, 0.05) is 21.8 Å². The first-order valence-electron chi connectivity index (χ1n) is 7.11. The zero-order chi connectivity index (χ0) is 16.4. The Morgan fingerprint density at radius 3 is 2.91 bits per heavy atom. The van der Waals surface area contributed by atoms with Gasteiger partial charge in [-0.2, -0.15) is 0 Å². The molecule has 1 atom stereocenters. The molecule has 6 heteroatoms. The molecule has 1 aliphatic heterocycles. The summed E-state index contributed by atoms with van der Waals surface area (Å²) in [4.78, 5) is 14.9. The van der Waals surface area contributed by atoms with Gasteiger partial charge in [0.15, 0.2) is 0 Å². The lowest BCUT2D eigenvalue weighted by Gasteiger charge is -2.25. The second-order valence-corrected chi connectivity index (χ2v) is 7.60. The third kappa shape index (κ3) is 3.52. The van der Waals surface area contributed by atoms with Crippen LogP contribution >= 0.6 is 39.3 Å². The lowest BCUT2D eigenvalue weighted by molar-refractivity contribution is 0.0759. The van der Waals surface area contributed by atoms with Gasteiger partial charge in [0.25, 0.3) is 5.91 Å². The molecule has 0 saturated carbocycles. The number of benzene rings is 2. The Morgan fingerprint density at radius 2 is 2.17 bits per heavy atom. The summed E-state index contributed by atoms with van der Waals surface area (Å²) in [5, 5.41) is 0.671. The van der Waals surface area contributed by atoms with Crippen molar-refractivity contribution in [3.63, 3.8) is 0 Å². The fraction of sp³-hybridized carbons (Fsp3) is 0.235. The van der Waals surface area contributed by atoms with E-state index in [2.05, 4.69) is 15.9 Å². The molecule has 1 fully saturated rings. The van der Waals surface area contributed by atoms with E-state index in [-0.39, 0.29) is 11.3 Å². The van der Waals surface area contributed by atoms with E-state index in [1.54, 1.807) is 24.9 Å². The largest absolute Gasteiger partial charge is 0.497 e. The Morgan fingerprint density at radius 1 is 1.35 bits per heavy atom. The normalized spacial score (nSPS) is 17.3. The zero-order valence-electron chi connectivity index (χ0n) is 12.5. The van der Waals surface area contributed by atoms with Gasteiger partial charge in [-0.3, -0.25) is 4.79 Å². The van der Waals surface area contributed by atoms with Crippen molar-refractivity contribution in [1.29, 1.82) is 0 Å². The minimum Gasteiger partial charge on any atom is -0.497 e. The summed E-state index contributed by atoms with van der Waals surface area (Å²) in [6.07, 6.45) is 0. The van der Waals surface area contributed by atoms with E-state index in [0.29, 0.717) is 22.9 Å². The van der Waals surface area contributed by atoms with Gasteiger partial charge in [0.1, 0.15) is 11.1 Å². The first kappa shape index (κ1) is 16.7. The van der Waals surface area contributed by atoms with E-state index < -0.39 is 0 Å². The number of carbonyl (C=O) groups excluding carboxylic acids is 1. The number of nitrogens with zero attached hydrogens (tertiary/aromatic N) is 1. The van der Waals surface area contributed by atoms with Gasteiger partial charge in [0.05, 0.1) is 12.7 Å². The Hall–Kier alpha value is -1.17. The van der Waals surface area contributed by atoms with Crippen molar-refractivity contribution in [2.24, 2.45) is 0 Å². The van der Waals surface area contributed by atoms with Crippen molar-refractivity contribution in [2.75, 3.05) is 19.4 Å². The third-order valence-corrected chi connectivity index (χ3v) is 5.88. The molecular weight excluding hydrogens is 398 g/mol. The molecule has 1 heterocycles. The molecule has 2 aromatic carbocycles. The number of halogens is 2. The van der Waals surface area contributed by atoms with Gasteiger partial charge in [-0.1, -0.05) is 23.7 Å². The molecule has 3 nitrogen and oxygen atoms in total. The number of thioether (sulfide) groups is 1. The van der Waals surface area contributed by atoms with Crippen LogP contribution in [0.25, 0.3) is 0 Å². The van der Waals surface area contributed by atoms with E-state index in [1.807, 2.05) is 41.3 Å². The molecular formula is C17H15BrClNO2S. The second kappa shape index (κ2) is 7.16. The van der Waals surface area contributed by atoms with Crippen LogP contribution in [0.3, 0.4) is 0 Å². The van der Waals surface area contributed by atoms with E-state index in [4.69, 9.17) is 16.3 Å². The number of hydrogen-bond acceptors (Lipinski definition) is 3. The zero-order valence-corrected chi connectivity index (χ0v) is 15.6. The Bertz CT molecular complexity index is 740. The predicted octanol–water partition coefficient (Wildman–Crippen LogP) is 5.00. The van der Waals surface area contributed by atoms with Crippen LogP contribution in [0.2, 0.25) is 5.02 Å². The molecule has 0 aromatic heterocycles. The Labute approximate surface area is 153 Å². The van der Waals surface area contributed by atoms with Crippen molar-refractivity contribution < 1.29 is 9.53 Å². The molecule has 23 heavy (non-hydrogen) atoms. The standard InChI is InChI=1S/C17H15BrClNO2S/c1-22-13-5-6-15(18)14(10-13)16(21)20-7-8-23-17(20)11-3-2-4-12(19)9-11/h2-6,9-10,17H,7-8H2,1H3. The van der Waals surface area contributed by atoms with Crippen molar-refractivity contribution in [2.45, 2.75) is 5.37 Å². The Kier molecular flexibility index (Phi) is 5.19. The van der Waals surface area contributed by atoms with Gasteiger partial charge in [0.2, 0.25) is 0 Å². The van der Waals surface area contributed by atoms with Gasteiger partial charge in [-0.15, -0.1) is 11.8 Å². The number of methoxy groups -OCH3 is 1. The summed E-state index contributed by atoms with van der Waals surface area (Å²) >= 11 is 11.3. The summed E-state index contributed by atoms with van der Waals surface area (Å²) < 4.78 is 6.00. The highest BCUT2D eigenvalue weighted by Crippen LogP contribution is 2.40. The number of carbonyl (C=O) groups is 1. The first-order valence-corrected chi connectivity index (χ1v) is 9.33. The summed E-state index contributed by atoms with van der Waals surface area (Å²) in [6.45, 7) is 0.713. The molecule has 0 bridgehead atoms. The van der Waals surface area contributed by atoms with Crippen LogP contribution in [0.4, 0.5) is 0 Å². The monoisotopic (exact) mass is 411 g/mol. The van der Waals surface area contributed by atoms with E-state index in [0.717, 1.165) is 15.8 Å². The molecule has 0 spiro atoms. The molecule has 0 radical (unpaired) electrons. The highest BCUT2D eigenvalue weighted by atomic mass is 79.9. The quantitative estimate of drug-likeness (QED) is 0.710. The molecule has 1 amide bonds. The summed E-state index contributed by atoms with van der Waals surface area (Å²) in [7, 11) is 1.60. The van der Waals surface area contributed by atoms with Crippen LogP contribution in [0, 0.1) is 0 Å². The van der Waals surface area contributed by atoms with Crippen molar-refractivity contribution >= 4 is 45.2 Å². The fourth-order valence-corrected chi connectivity index (χ4v) is 4.42. The van der Waals surface area contributed by atoms with Gasteiger partial charge in [-0.25, -0.2) is 0 Å². The van der Waals surface area contributed by atoms with E-state index in [1.165, 1.54) is 0 Å². The lowest BCUT2D eigenvalue weighted by Crippen LogP contribution is -2.30. The third-order valence-electron chi connectivity index (χ3n) is 3.69. The van der Waals surface area contributed by atoms with Crippen LogP contribution < -0.4 is 4.74 Å². The van der Waals surface area contributed by atoms with Gasteiger partial charge < -0.3 is 9.64 Å². The fourth-order valence-electron chi connectivity index (χ4n) is 2.56. The molecule has 1 unspecified atom stereocenters. The first-order chi connectivity index (χ1) is 11.1. The van der Waals surface area contributed by atoms with E-state index in [9.17, 15) is 4.79 Å². The minimum absolute atomic E-state index is 0.00856. The van der Waals surface area contributed by atoms with Crippen LogP contribution in [-0.4, -0.2) is 30.2 Å². The second-order valence-electron chi connectivity index (χ2n) is 5.12. The van der Waals surface area contributed by atoms with Crippen LogP contribution in [-0.2, 0) is 0 Å². The summed E-state index contributed by atoms with van der Waals surface area (Å²) in [5.74, 6) is 1.57. The highest BCUT2D eigenvalue weighted by Gasteiger charge is 2.32. The predicted molar refractivity (Wildman–Crippen MR) is 98.4 cm³/mol. The molecule has 1 saturated heterocycles. The molecule has 0 N–H and O–H groups in total. The Balaban J connectivity index is 1.92. The van der Waals surface area contributed by atoms with E-state index >= 15 is 0 Å². The van der Waals surface area contributed by atoms with Crippen LogP contribution in [0.1, 0.15) is 21.3 Å². The molecule has 0 aliphatic carbocycles. The molecule has 1 aliphatic rings. The van der Waals surface area contributed by atoms with Gasteiger partial charge >= 0.3 is 0 Å². The van der Waals surface area contributed by atoms with Crippen molar-refractivity contribution in [3.05, 3.63) is 63.1 Å². The van der Waals surface area contributed by atoms with Crippen LogP contribution in [0.15, 0.2) is 46.9 Å². The number of amides is 1. The minimum atomic E-state index is -0.0145. The number of ether oxygens (including phenoxy) is 1. The van der Waals surface area contributed by atoms with Crippen molar-refractivity contribution in [1.82, 2.24) is 4.90 Å². The maximum Gasteiger partial charge on any atom is 0.256 e. The maximum atomic E-state index is 13.0. The number of hydrogen-bond donors (Lipinski definition) is 0. The average molecular weight is 413 g/mol. The topological polar surface area (TPSA) is 29.5 Å². The smallest absolute Gasteiger partial charge is 0.256 e. The SMILES string of the molecule is COc1ccc(Br)c(C(=O)N2CCSC2c2cccc(Cl)c2)c1. The van der Waals surface area contributed by atoms with Gasteiger partial charge in [-0.05, 0) is 51.8 Å². The summed E-state index contributed by atoms with van der Waals surface area (Å²) in [6, 6.07) is 13.1. The van der Waals surface area contributed by atoms with Crippen LogP contribution in [0.5, 0.6) is 5.75 Å². The number of rotatable bonds is 3. The highest BCUT2D eigenvalue weighted by molar-refractivity contribution is 9.10. The van der Waals surface area contributed by atoms with Crippen molar-refractivity contribution in [3.8, 4) is 5.75 Å². The lowest BCUT2D eigenvalue weighted by atomic mass is 10.1. The molecule has 120 valence electrons. The molecule has 2 aromatic rings. The summed E-state index contributed by atoms with van der Waals surface area (Å²) in [5.41, 5.74) is 1.66. The molecule has 3 rings (SSSR count). The maximum absolute atomic E-state index is 13.0. The average Bonchev–Trinajstić information content (AvgIpc) is 3.04.